The van der Waals surface area contributed by atoms with Crippen LogP contribution in [0.1, 0.15) is 27.6 Å². The molecule has 5 nitrogen and oxygen atoms in total. The highest BCUT2D eigenvalue weighted by molar-refractivity contribution is 7.98. The van der Waals surface area contributed by atoms with Gasteiger partial charge in [0, 0.05) is 23.4 Å². The van der Waals surface area contributed by atoms with Crippen molar-refractivity contribution in [2.45, 2.75) is 24.1 Å². The molecule has 0 aliphatic heterocycles. The summed E-state index contributed by atoms with van der Waals surface area (Å²) in [7, 11) is 0. The number of aromatic nitrogens is 2. The monoisotopic (exact) mass is 373 g/mol. The molecule has 1 N–H and O–H groups in total. The molecule has 3 rings (SSSR count). The highest BCUT2D eigenvalue weighted by Crippen LogP contribution is 2.25. The summed E-state index contributed by atoms with van der Waals surface area (Å²) < 4.78 is 4.96. The number of halogens is 1. The lowest BCUT2D eigenvalue weighted by molar-refractivity contribution is 0.0948. The van der Waals surface area contributed by atoms with Crippen LogP contribution in [-0.2, 0) is 12.3 Å². The first-order valence-corrected chi connectivity index (χ1v) is 9.02. The van der Waals surface area contributed by atoms with Crippen LogP contribution in [0.4, 0.5) is 0 Å². The van der Waals surface area contributed by atoms with Gasteiger partial charge in [-0.25, -0.2) is 0 Å². The molecule has 25 heavy (non-hydrogen) atoms. The van der Waals surface area contributed by atoms with Gasteiger partial charge < -0.3 is 9.84 Å². The van der Waals surface area contributed by atoms with Crippen LogP contribution in [-0.4, -0.2) is 16.0 Å². The molecule has 0 spiro atoms. The van der Waals surface area contributed by atoms with Gasteiger partial charge >= 0.3 is 0 Å². The van der Waals surface area contributed by atoms with E-state index < -0.39 is 0 Å². The maximum Gasteiger partial charge on any atom is 0.252 e. The molecule has 0 saturated heterocycles. The number of hydrogen-bond donors (Lipinski definition) is 1. The second kappa shape index (κ2) is 8.18. The van der Waals surface area contributed by atoms with Crippen LogP contribution in [0.2, 0.25) is 5.02 Å². The van der Waals surface area contributed by atoms with E-state index in [2.05, 4.69) is 15.5 Å². The number of rotatable bonds is 6. The van der Waals surface area contributed by atoms with E-state index in [1.807, 2.05) is 30.3 Å². The zero-order valence-electron chi connectivity index (χ0n) is 13.5. The Morgan fingerprint density at radius 2 is 1.96 bits per heavy atom. The molecule has 0 atom stereocenters. The Morgan fingerprint density at radius 1 is 1.20 bits per heavy atom. The second-order valence-electron chi connectivity index (χ2n) is 5.32. The molecule has 0 saturated carbocycles. The van der Waals surface area contributed by atoms with E-state index in [1.54, 1.807) is 25.1 Å². The Labute approximate surface area is 154 Å². The zero-order chi connectivity index (χ0) is 17.6. The summed E-state index contributed by atoms with van der Waals surface area (Å²) in [4.78, 5) is 17.6. The van der Waals surface area contributed by atoms with Crippen molar-refractivity contribution in [1.29, 1.82) is 0 Å². The standard InChI is InChI=1S/C18H16ClN3O2S/c1-12-21-17(22-24-12)11-25-16-5-3-2-4-15(16)18(23)20-10-13-6-8-14(19)9-7-13/h2-9H,10-11H2,1H3,(H,20,23). The molecule has 2 aromatic carbocycles. The van der Waals surface area contributed by atoms with Gasteiger partial charge in [-0.15, -0.1) is 11.8 Å². The van der Waals surface area contributed by atoms with Gasteiger partial charge in [-0.2, -0.15) is 4.98 Å². The Balaban J connectivity index is 1.64. The smallest absolute Gasteiger partial charge is 0.252 e. The number of thioether (sulfide) groups is 1. The van der Waals surface area contributed by atoms with Gasteiger partial charge in [0.15, 0.2) is 5.82 Å². The number of aryl methyl sites for hydroxylation is 1. The summed E-state index contributed by atoms with van der Waals surface area (Å²) in [5, 5.41) is 7.48. The van der Waals surface area contributed by atoms with Gasteiger partial charge in [0.1, 0.15) is 0 Å². The number of carbonyl (C=O) groups excluding carboxylic acids is 1. The quantitative estimate of drug-likeness (QED) is 0.654. The minimum absolute atomic E-state index is 0.123. The lowest BCUT2D eigenvalue weighted by Crippen LogP contribution is -2.23. The van der Waals surface area contributed by atoms with Gasteiger partial charge in [0.25, 0.3) is 5.91 Å². The first kappa shape index (κ1) is 17.5. The van der Waals surface area contributed by atoms with Crippen LogP contribution >= 0.6 is 23.4 Å². The molecule has 1 amide bonds. The number of nitrogens with zero attached hydrogens (tertiary/aromatic N) is 2. The fraction of sp³-hybridized carbons (Fsp3) is 0.167. The maximum absolute atomic E-state index is 12.5. The number of benzene rings is 2. The maximum atomic E-state index is 12.5. The molecule has 0 radical (unpaired) electrons. The highest BCUT2D eigenvalue weighted by atomic mass is 35.5. The highest BCUT2D eigenvalue weighted by Gasteiger charge is 2.12. The summed E-state index contributed by atoms with van der Waals surface area (Å²) in [5.74, 6) is 1.56. The third-order valence-corrected chi connectivity index (χ3v) is 4.75. The van der Waals surface area contributed by atoms with Crippen molar-refractivity contribution in [3.8, 4) is 0 Å². The Bertz CT molecular complexity index is 865. The van der Waals surface area contributed by atoms with Crippen molar-refractivity contribution < 1.29 is 9.32 Å². The van der Waals surface area contributed by atoms with Gasteiger partial charge in [0.2, 0.25) is 5.89 Å². The Morgan fingerprint density at radius 3 is 2.68 bits per heavy atom. The van der Waals surface area contributed by atoms with Gasteiger partial charge in [-0.3, -0.25) is 4.79 Å². The van der Waals surface area contributed by atoms with Crippen LogP contribution in [0.5, 0.6) is 0 Å². The second-order valence-corrected chi connectivity index (χ2v) is 6.78. The van der Waals surface area contributed by atoms with Crippen LogP contribution in [0, 0.1) is 6.92 Å². The Kier molecular flexibility index (Phi) is 5.73. The van der Waals surface area contributed by atoms with E-state index in [4.69, 9.17) is 16.1 Å². The largest absolute Gasteiger partial charge is 0.348 e. The van der Waals surface area contributed by atoms with Crippen molar-refractivity contribution in [1.82, 2.24) is 15.5 Å². The lowest BCUT2D eigenvalue weighted by Gasteiger charge is -2.09. The molecule has 1 heterocycles. The Hall–Kier alpha value is -2.31. The molecule has 0 fully saturated rings. The number of nitrogens with one attached hydrogen (secondary N) is 1. The van der Waals surface area contributed by atoms with Gasteiger partial charge in [0.05, 0.1) is 11.3 Å². The molecule has 0 bridgehead atoms. The van der Waals surface area contributed by atoms with Crippen molar-refractivity contribution in [2.24, 2.45) is 0 Å². The molecule has 3 aromatic rings. The lowest BCUT2D eigenvalue weighted by atomic mass is 10.2. The van der Waals surface area contributed by atoms with E-state index in [0.29, 0.717) is 34.6 Å². The van der Waals surface area contributed by atoms with E-state index >= 15 is 0 Å². The molecule has 128 valence electrons. The molecule has 0 aliphatic carbocycles. The fourth-order valence-corrected chi connectivity index (χ4v) is 3.22. The van der Waals surface area contributed by atoms with Crippen LogP contribution < -0.4 is 5.32 Å². The number of hydrogen-bond acceptors (Lipinski definition) is 5. The average molecular weight is 374 g/mol. The topological polar surface area (TPSA) is 68.0 Å². The van der Waals surface area contributed by atoms with Crippen molar-refractivity contribution in [2.75, 3.05) is 0 Å². The normalized spacial score (nSPS) is 10.6. The van der Waals surface area contributed by atoms with Gasteiger partial charge in [-0.05, 0) is 29.8 Å². The SMILES string of the molecule is Cc1nc(CSc2ccccc2C(=O)NCc2ccc(Cl)cc2)no1. The molecule has 0 aliphatic rings. The summed E-state index contributed by atoms with van der Waals surface area (Å²) in [5.41, 5.74) is 1.62. The first-order valence-electron chi connectivity index (χ1n) is 7.65. The number of carbonyl (C=O) groups is 1. The van der Waals surface area contributed by atoms with Crippen LogP contribution in [0.15, 0.2) is 57.9 Å². The van der Waals surface area contributed by atoms with Gasteiger partial charge in [-0.1, -0.05) is 41.0 Å². The molecule has 1 aromatic heterocycles. The minimum Gasteiger partial charge on any atom is -0.348 e. The number of amides is 1. The van der Waals surface area contributed by atoms with Crippen LogP contribution in [0.3, 0.4) is 0 Å². The molecule has 0 unspecified atom stereocenters. The van der Waals surface area contributed by atoms with Crippen molar-refractivity contribution in [3.63, 3.8) is 0 Å². The van der Waals surface area contributed by atoms with Crippen LogP contribution in [0.25, 0.3) is 0 Å². The zero-order valence-corrected chi connectivity index (χ0v) is 15.1. The third-order valence-electron chi connectivity index (χ3n) is 3.42. The molecular formula is C18H16ClN3O2S. The third kappa shape index (κ3) is 4.84. The summed E-state index contributed by atoms with van der Waals surface area (Å²) in [6.07, 6.45) is 0. The molecular weight excluding hydrogens is 358 g/mol. The minimum atomic E-state index is -0.123. The molecule has 7 heteroatoms. The summed E-state index contributed by atoms with van der Waals surface area (Å²) in [6, 6.07) is 14.9. The summed E-state index contributed by atoms with van der Waals surface area (Å²) in [6.45, 7) is 2.19. The van der Waals surface area contributed by atoms with E-state index in [-0.39, 0.29) is 5.91 Å². The summed E-state index contributed by atoms with van der Waals surface area (Å²) >= 11 is 7.37. The van der Waals surface area contributed by atoms with E-state index in [0.717, 1.165) is 10.5 Å². The van der Waals surface area contributed by atoms with Crippen molar-refractivity contribution in [3.05, 3.63) is 76.4 Å². The van der Waals surface area contributed by atoms with E-state index in [1.165, 1.54) is 11.8 Å². The predicted molar refractivity (Wildman–Crippen MR) is 97.7 cm³/mol. The van der Waals surface area contributed by atoms with Crippen molar-refractivity contribution >= 4 is 29.3 Å². The first-order chi connectivity index (χ1) is 12.1. The van der Waals surface area contributed by atoms with E-state index in [9.17, 15) is 4.79 Å². The fourth-order valence-electron chi connectivity index (χ4n) is 2.20. The average Bonchev–Trinajstić information content (AvgIpc) is 3.05. The predicted octanol–water partition coefficient (Wildman–Crippen LogP) is 4.25.